The Balaban J connectivity index is 1.92. The molecule has 1 N–H and O–H groups in total. The second-order valence-corrected chi connectivity index (χ2v) is 7.16. The lowest BCUT2D eigenvalue weighted by Gasteiger charge is -2.27. The summed E-state index contributed by atoms with van der Waals surface area (Å²) in [6.07, 6.45) is 0.195. The normalized spacial score (nSPS) is 16.5. The molecule has 0 aliphatic carbocycles. The molecule has 6 nitrogen and oxygen atoms in total. The van der Waals surface area contributed by atoms with Gasteiger partial charge in [-0.2, -0.15) is 0 Å². The van der Waals surface area contributed by atoms with Crippen LogP contribution in [0, 0.1) is 0 Å². The van der Waals surface area contributed by atoms with Crippen LogP contribution >= 0.6 is 11.6 Å². The first-order chi connectivity index (χ1) is 13.0. The molecule has 2 aromatic carbocycles. The van der Waals surface area contributed by atoms with Crippen molar-refractivity contribution in [1.29, 1.82) is 0 Å². The van der Waals surface area contributed by atoms with Gasteiger partial charge in [0, 0.05) is 24.4 Å². The SMILES string of the molecule is Cn1c(=O)c2c(n3c4ccccc4nc13)NC(=O)C[C@H]2c1cccc(Cl)c1. The van der Waals surface area contributed by atoms with E-state index in [2.05, 4.69) is 10.3 Å². The average Bonchev–Trinajstić information content (AvgIpc) is 3.05. The number of benzene rings is 2. The molecule has 1 amide bonds. The van der Waals surface area contributed by atoms with E-state index >= 15 is 0 Å². The van der Waals surface area contributed by atoms with Gasteiger partial charge < -0.3 is 5.32 Å². The predicted octanol–water partition coefficient (Wildman–Crippen LogP) is 3.31. The zero-order valence-electron chi connectivity index (χ0n) is 14.4. The van der Waals surface area contributed by atoms with E-state index in [1.54, 1.807) is 13.1 Å². The summed E-state index contributed by atoms with van der Waals surface area (Å²) in [5.74, 6) is 0.478. The van der Waals surface area contributed by atoms with E-state index in [0.29, 0.717) is 22.2 Å². The molecule has 27 heavy (non-hydrogen) atoms. The summed E-state index contributed by atoms with van der Waals surface area (Å²) in [4.78, 5) is 30.3. The number of carbonyl (C=O) groups excluding carboxylic acids is 1. The number of hydrogen-bond donors (Lipinski definition) is 1. The number of para-hydroxylation sites is 2. The topological polar surface area (TPSA) is 68.4 Å². The highest BCUT2D eigenvalue weighted by Gasteiger charge is 2.33. The second-order valence-electron chi connectivity index (χ2n) is 6.72. The number of anilines is 1. The molecule has 3 heterocycles. The first-order valence-corrected chi connectivity index (χ1v) is 8.98. The Morgan fingerprint density at radius 1 is 1.15 bits per heavy atom. The lowest BCUT2D eigenvalue weighted by Crippen LogP contribution is -2.35. The van der Waals surface area contributed by atoms with Gasteiger partial charge in [-0.25, -0.2) is 4.98 Å². The highest BCUT2D eigenvalue weighted by atomic mass is 35.5. The van der Waals surface area contributed by atoms with Gasteiger partial charge >= 0.3 is 0 Å². The Bertz CT molecular complexity index is 1300. The number of carbonyl (C=O) groups is 1. The van der Waals surface area contributed by atoms with Crippen molar-refractivity contribution >= 4 is 40.1 Å². The minimum absolute atomic E-state index is 0.139. The van der Waals surface area contributed by atoms with Gasteiger partial charge in [-0.3, -0.25) is 18.6 Å². The molecule has 0 bridgehead atoms. The van der Waals surface area contributed by atoms with E-state index in [1.807, 2.05) is 46.9 Å². The third-order valence-corrected chi connectivity index (χ3v) is 5.34. The van der Waals surface area contributed by atoms with Crippen LogP contribution in [0.3, 0.4) is 0 Å². The number of imidazole rings is 1. The molecule has 0 unspecified atom stereocenters. The first-order valence-electron chi connectivity index (χ1n) is 8.60. The number of fused-ring (bicyclic) bond motifs is 5. The smallest absolute Gasteiger partial charge is 0.260 e. The van der Waals surface area contributed by atoms with Crippen LogP contribution in [0.1, 0.15) is 23.5 Å². The molecule has 0 spiro atoms. The third-order valence-electron chi connectivity index (χ3n) is 5.10. The van der Waals surface area contributed by atoms with Crippen LogP contribution < -0.4 is 10.9 Å². The lowest BCUT2D eigenvalue weighted by atomic mass is 9.87. The van der Waals surface area contributed by atoms with Gasteiger partial charge in [-0.05, 0) is 29.8 Å². The van der Waals surface area contributed by atoms with Gasteiger partial charge in [-0.1, -0.05) is 35.9 Å². The molecule has 4 aromatic rings. The zero-order chi connectivity index (χ0) is 18.7. The van der Waals surface area contributed by atoms with Gasteiger partial charge in [0.15, 0.2) is 0 Å². The zero-order valence-corrected chi connectivity index (χ0v) is 15.2. The summed E-state index contributed by atoms with van der Waals surface area (Å²) in [7, 11) is 1.70. The van der Waals surface area contributed by atoms with Crippen molar-refractivity contribution in [2.24, 2.45) is 7.05 Å². The Morgan fingerprint density at radius 2 is 1.96 bits per heavy atom. The van der Waals surface area contributed by atoms with E-state index in [0.717, 1.165) is 16.6 Å². The van der Waals surface area contributed by atoms with Crippen LogP contribution in [0.2, 0.25) is 5.02 Å². The van der Waals surface area contributed by atoms with Gasteiger partial charge in [0.2, 0.25) is 11.7 Å². The minimum atomic E-state index is -0.364. The number of nitrogens with one attached hydrogen (secondary N) is 1. The van der Waals surface area contributed by atoms with Crippen LogP contribution in [0.4, 0.5) is 5.82 Å². The summed E-state index contributed by atoms with van der Waals surface area (Å²) in [5.41, 5.74) is 2.83. The highest BCUT2D eigenvalue weighted by molar-refractivity contribution is 6.30. The molecule has 134 valence electrons. The maximum atomic E-state index is 13.2. The fourth-order valence-electron chi connectivity index (χ4n) is 3.87. The summed E-state index contributed by atoms with van der Waals surface area (Å²) >= 11 is 6.16. The van der Waals surface area contributed by atoms with Crippen molar-refractivity contribution in [3.8, 4) is 0 Å². The Labute approximate surface area is 159 Å². The van der Waals surface area contributed by atoms with Crippen molar-refractivity contribution in [1.82, 2.24) is 14.0 Å². The summed E-state index contributed by atoms with van der Waals surface area (Å²) in [6.45, 7) is 0. The number of rotatable bonds is 1. The number of hydrogen-bond acceptors (Lipinski definition) is 3. The van der Waals surface area contributed by atoms with Crippen molar-refractivity contribution in [3.05, 3.63) is 75.0 Å². The van der Waals surface area contributed by atoms with E-state index in [-0.39, 0.29) is 23.8 Å². The Kier molecular flexibility index (Phi) is 3.39. The summed E-state index contributed by atoms with van der Waals surface area (Å²) in [6, 6.07) is 14.9. The molecular formula is C20H15ClN4O2. The molecule has 0 radical (unpaired) electrons. The fourth-order valence-corrected chi connectivity index (χ4v) is 4.07. The van der Waals surface area contributed by atoms with Gasteiger partial charge in [-0.15, -0.1) is 0 Å². The molecule has 7 heteroatoms. The number of nitrogens with zero attached hydrogens (tertiary/aromatic N) is 3. The minimum Gasteiger partial charge on any atom is -0.311 e. The number of halogens is 1. The molecule has 5 rings (SSSR count). The standard InChI is InChI=1S/C20H15ClN4O2/c1-24-19(27)17-13(11-5-4-6-12(21)9-11)10-16(26)23-18(17)25-15-8-3-2-7-14(15)22-20(24)25/h2-9,13H,10H2,1H3,(H,23,26)/t13-/m0/s1. The molecule has 0 fully saturated rings. The van der Waals surface area contributed by atoms with Crippen molar-refractivity contribution < 1.29 is 4.79 Å². The Hall–Kier alpha value is -3.12. The molecule has 1 atom stereocenters. The van der Waals surface area contributed by atoms with Crippen LogP contribution in [0.5, 0.6) is 0 Å². The summed E-state index contributed by atoms with van der Waals surface area (Å²) in [5, 5.41) is 3.48. The molecule has 2 aromatic heterocycles. The van der Waals surface area contributed by atoms with Crippen LogP contribution in [0.15, 0.2) is 53.3 Å². The van der Waals surface area contributed by atoms with E-state index in [4.69, 9.17) is 11.6 Å². The number of aryl methyl sites for hydroxylation is 1. The third kappa shape index (κ3) is 2.30. The maximum Gasteiger partial charge on any atom is 0.260 e. The van der Waals surface area contributed by atoms with Crippen LogP contribution in [-0.4, -0.2) is 19.9 Å². The maximum absolute atomic E-state index is 13.2. The molecule has 1 aliphatic heterocycles. The lowest BCUT2D eigenvalue weighted by molar-refractivity contribution is -0.116. The van der Waals surface area contributed by atoms with E-state index in [9.17, 15) is 9.59 Å². The van der Waals surface area contributed by atoms with Crippen LogP contribution in [0.25, 0.3) is 16.8 Å². The predicted molar refractivity (Wildman–Crippen MR) is 104 cm³/mol. The fraction of sp³-hybridized carbons (Fsp3) is 0.150. The van der Waals surface area contributed by atoms with Crippen molar-refractivity contribution in [2.45, 2.75) is 12.3 Å². The number of aromatic nitrogens is 3. The monoisotopic (exact) mass is 378 g/mol. The summed E-state index contributed by atoms with van der Waals surface area (Å²) < 4.78 is 3.38. The molecule has 0 saturated carbocycles. The van der Waals surface area contributed by atoms with E-state index in [1.165, 1.54) is 4.57 Å². The second kappa shape index (κ2) is 5.69. The molecular weight excluding hydrogens is 364 g/mol. The highest BCUT2D eigenvalue weighted by Crippen LogP contribution is 2.37. The van der Waals surface area contributed by atoms with Gasteiger partial charge in [0.1, 0.15) is 5.82 Å². The average molecular weight is 379 g/mol. The van der Waals surface area contributed by atoms with Crippen molar-refractivity contribution in [2.75, 3.05) is 5.32 Å². The first kappa shape index (κ1) is 16.1. The molecule has 0 saturated heterocycles. The van der Waals surface area contributed by atoms with Gasteiger partial charge in [0.25, 0.3) is 5.56 Å². The van der Waals surface area contributed by atoms with Crippen molar-refractivity contribution in [3.63, 3.8) is 0 Å². The van der Waals surface area contributed by atoms with Gasteiger partial charge in [0.05, 0.1) is 16.6 Å². The molecule has 1 aliphatic rings. The quantitative estimate of drug-likeness (QED) is 0.552. The Morgan fingerprint density at radius 3 is 2.78 bits per heavy atom. The van der Waals surface area contributed by atoms with Crippen LogP contribution in [-0.2, 0) is 11.8 Å². The number of amides is 1. The largest absolute Gasteiger partial charge is 0.311 e. The van der Waals surface area contributed by atoms with E-state index < -0.39 is 0 Å².